The molecule has 20 heavy (non-hydrogen) atoms. The first kappa shape index (κ1) is 15.1. The molecule has 1 fully saturated rings. The Morgan fingerprint density at radius 1 is 1.50 bits per heavy atom. The highest BCUT2D eigenvalue weighted by Gasteiger charge is 2.38. The van der Waals surface area contributed by atoms with Gasteiger partial charge >= 0.3 is 6.09 Å². The van der Waals surface area contributed by atoms with Crippen molar-refractivity contribution < 1.29 is 19.4 Å². The van der Waals surface area contributed by atoms with Crippen LogP contribution in [0.2, 0.25) is 0 Å². The SMILES string of the molecule is COc1nscc1[C@@H]1CN(C(=O)OC(C)(C)C)C[C@H]1O. The molecule has 0 bridgehead atoms. The molecule has 0 radical (unpaired) electrons. The van der Waals surface area contributed by atoms with Crippen LogP contribution in [0.25, 0.3) is 0 Å². The molecular weight excluding hydrogens is 280 g/mol. The average molecular weight is 300 g/mol. The topological polar surface area (TPSA) is 71.9 Å². The van der Waals surface area contributed by atoms with Crippen molar-refractivity contribution in [2.45, 2.75) is 38.4 Å². The van der Waals surface area contributed by atoms with E-state index in [1.807, 2.05) is 26.2 Å². The van der Waals surface area contributed by atoms with E-state index in [0.717, 1.165) is 5.56 Å². The molecule has 0 unspecified atom stereocenters. The lowest BCUT2D eigenvalue weighted by molar-refractivity contribution is 0.0270. The number of amides is 1. The minimum atomic E-state index is -0.632. The summed E-state index contributed by atoms with van der Waals surface area (Å²) in [5, 5.41) is 12.0. The maximum atomic E-state index is 12.0. The van der Waals surface area contributed by atoms with E-state index in [2.05, 4.69) is 4.37 Å². The van der Waals surface area contributed by atoms with Crippen molar-refractivity contribution in [1.29, 1.82) is 0 Å². The minimum absolute atomic E-state index is 0.184. The normalized spacial score (nSPS) is 22.9. The Hall–Kier alpha value is -1.34. The number of carbonyl (C=O) groups is 1. The van der Waals surface area contributed by atoms with Gasteiger partial charge in [-0.3, -0.25) is 0 Å². The third-order valence-electron chi connectivity index (χ3n) is 3.10. The Kier molecular flexibility index (Phi) is 4.19. The van der Waals surface area contributed by atoms with Crippen LogP contribution >= 0.6 is 11.5 Å². The summed E-state index contributed by atoms with van der Waals surface area (Å²) in [6.45, 7) is 6.13. The molecule has 7 heteroatoms. The predicted molar refractivity (Wildman–Crippen MR) is 75.2 cm³/mol. The molecule has 1 amide bonds. The summed E-state index contributed by atoms with van der Waals surface area (Å²) < 4.78 is 14.6. The molecule has 2 rings (SSSR count). The van der Waals surface area contributed by atoms with Crippen molar-refractivity contribution in [1.82, 2.24) is 9.27 Å². The van der Waals surface area contributed by atoms with E-state index in [1.54, 1.807) is 7.11 Å². The van der Waals surface area contributed by atoms with Gasteiger partial charge in [-0.15, -0.1) is 0 Å². The molecule has 0 aromatic carbocycles. The van der Waals surface area contributed by atoms with Crippen LogP contribution in [0, 0.1) is 0 Å². The number of β-amino-alcohol motifs (C(OH)–C–C–N with tert-alkyl or cyclic N) is 1. The molecule has 2 heterocycles. The fourth-order valence-corrected chi connectivity index (χ4v) is 2.92. The number of hydrogen-bond acceptors (Lipinski definition) is 6. The van der Waals surface area contributed by atoms with Gasteiger partial charge in [0.1, 0.15) is 5.60 Å². The fourth-order valence-electron chi connectivity index (χ4n) is 2.20. The molecule has 1 aromatic rings. The van der Waals surface area contributed by atoms with Gasteiger partial charge in [0.15, 0.2) is 0 Å². The van der Waals surface area contributed by atoms with Gasteiger partial charge in [0.25, 0.3) is 0 Å². The van der Waals surface area contributed by atoms with Crippen molar-refractivity contribution in [2.75, 3.05) is 20.2 Å². The summed E-state index contributed by atoms with van der Waals surface area (Å²) in [7, 11) is 1.55. The second-order valence-electron chi connectivity index (χ2n) is 5.84. The Labute approximate surface area is 122 Å². The average Bonchev–Trinajstić information content (AvgIpc) is 2.92. The summed E-state index contributed by atoms with van der Waals surface area (Å²) in [6.07, 6.45) is -1.03. The van der Waals surface area contributed by atoms with Gasteiger partial charge in [0.05, 0.1) is 19.8 Å². The lowest BCUT2D eigenvalue weighted by Gasteiger charge is -2.24. The molecule has 0 aliphatic carbocycles. The predicted octanol–water partition coefficient (Wildman–Crippen LogP) is 1.85. The number of aromatic nitrogens is 1. The number of carbonyl (C=O) groups excluding carboxylic acids is 1. The number of aliphatic hydroxyl groups excluding tert-OH is 1. The minimum Gasteiger partial charge on any atom is -0.480 e. The highest BCUT2D eigenvalue weighted by molar-refractivity contribution is 7.03. The summed E-state index contributed by atoms with van der Waals surface area (Å²) >= 11 is 1.28. The van der Waals surface area contributed by atoms with Crippen LogP contribution in [-0.2, 0) is 4.74 Å². The third kappa shape index (κ3) is 3.21. The molecule has 0 spiro atoms. The number of aliphatic hydroxyl groups is 1. The first-order valence-corrected chi connectivity index (χ1v) is 7.29. The number of ether oxygens (including phenoxy) is 2. The Morgan fingerprint density at radius 2 is 2.20 bits per heavy atom. The molecule has 1 aliphatic rings. The number of hydrogen-bond donors (Lipinski definition) is 1. The monoisotopic (exact) mass is 300 g/mol. The van der Waals surface area contributed by atoms with E-state index in [9.17, 15) is 9.90 Å². The fraction of sp³-hybridized carbons (Fsp3) is 0.692. The Balaban J connectivity index is 2.08. The molecule has 2 atom stereocenters. The maximum Gasteiger partial charge on any atom is 0.410 e. The van der Waals surface area contributed by atoms with E-state index in [4.69, 9.17) is 9.47 Å². The molecule has 6 nitrogen and oxygen atoms in total. The summed E-state index contributed by atoms with van der Waals surface area (Å²) in [4.78, 5) is 13.5. The van der Waals surface area contributed by atoms with Crippen LogP contribution in [0.5, 0.6) is 5.88 Å². The smallest absolute Gasteiger partial charge is 0.410 e. The van der Waals surface area contributed by atoms with Gasteiger partial charge in [0, 0.05) is 23.4 Å². The molecule has 1 saturated heterocycles. The van der Waals surface area contributed by atoms with Gasteiger partial charge in [-0.05, 0) is 32.3 Å². The van der Waals surface area contributed by atoms with Crippen LogP contribution in [0.15, 0.2) is 5.38 Å². The molecule has 1 N–H and O–H groups in total. The van der Waals surface area contributed by atoms with E-state index < -0.39 is 17.8 Å². The van der Waals surface area contributed by atoms with Gasteiger partial charge in [-0.1, -0.05) is 0 Å². The lowest BCUT2D eigenvalue weighted by Crippen LogP contribution is -2.35. The van der Waals surface area contributed by atoms with Crippen LogP contribution in [0.1, 0.15) is 32.3 Å². The van der Waals surface area contributed by atoms with Gasteiger partial charge in [-0.2, -0.15) is 4.37 Å². The second kappa shape index (κ2) is 5.57. The summed E-state index contributed by atoms with van der Waals surface area (Å²) in [6, 6.07) is 0. The Bertz CT molecular complexity index is 483. The second-order valence-corrected chi connectivity index (χ2v) is 6.47. The van der Waals surface area contributed by atoms with E-state index >= 15 is 0 Å². The van der Waals surface area contributed by atoms with Crippen molar-refractivity contribution in [2.24, 2.45) is 0 Å². The summed E-state index contributed by atoms with van der Waals surface area (Å²) in [5.41, 5.74) is 0.304. The summed E-state index contributed by atoms with van der Waals surface area (Å²) in [5.74, 6) is 0.335. The first-order valence-electron chi connectivity index (χ1n) is 6.46. The van der Waals surface area contributed by atoms with Crippen molar-refractivity contribution in [3.63, 3.8) is 0 Å². The number of nitrogens with zero attached hydrogens (tertiary/aromatic N) is 2. The first-order chi connectivity index (χ1) is 9.31. The Morgan fingerprint density at radius 3 is 2.80 bits per heavy atom. The van der Waals surface area contributed by atoms with Gasteiger partial charge in [-0.25, -0.2) is 4.79 Å². The van der Waals surface area contributed by atoms with Crippen LogP contribution in [0.4, 0.5) is 4.79 Å². The van der Waals surface area contributed by atoms with Gasteiger partial charge < -0.3 is 19.5 Å². The van der Waals surface area contributed by atoms with Crippen LogP contribution in [0.3, 0.4) is 0 Å². The lowest BCUT2D eigenvalue weighted by atomic mass is 9.99. The highest BCUT2D eigenvalue weighted by atomic mass is 32.1. The van der Waals surface area contributed by atoms with Crippen LogP contribution in [-0.4, -0.2) is 52.4 Å². The zero-order valence-electron chi connectivity index (χ0n) is 12.1. The van der Waals surface area contributed by atoms with E-state index in [0.29, 0.717) is 12.4 Å². The van der Waals surface area contributed by atoms with Gasteiger partial charge in [0.2, 0.25) is 5.88 Å². The zero-order valence-corrected chi connectivity index (χ0v) is 12.9. The quantitative estimate of drug-likeness (QED) is 0.902. The van der Waals surface area contributed by atoms with Crippen molar-refractivity contribution >= 4 is 17.6 Å². The molecule has 112 valence electrons. The largest absolute Gasteiger partial charge is 0.480 e. The zero-order chi connectivity index (χ0) is 14.9. The molecule has 0 saturated carbocycles. The van der Waals surface area contributed by atoms with E-state index in [1.165, 1.54) is 16.4 Å². The number of likely N-dealkylation sites (tertiary alicyclic amines) is 1. The molecule has 1 aromatic heterocycles. The highest BCUT2D eigenvalue weighted by Crippen LogP contribution is 2.34. The van der Waals surface area contributed by atoms with Crippen molar-refractivity contribution in [3.8, 4) is 5.88 Å². The van der Waals surface area contributed by atoms with Crippen LogP contribution < -0.4 is 4.74 Å². The number of methoxy groups -OCH3 is 1. The standard InChI is InChI=1S/C13H20N2O4S/c1-13(2,3)19-12(17)15-5-8(10(16)6-15)9-7-20-14-11(9)18-4/h7-8,10,16H,5-6H2,1-4H3/t8-,10+/m0/s1. The third-order valence-corrected chi connectivity index (χ3v) is 3.73. The maximum absolute atomic E-state index is 12.0. The number of rotatable bonds is 2. The van der Waals surface area contributed by atoms with E-state index in [-0.39, 0.29) is 12.5 Å². The van der Waals surface area contributed by atoms with Crippen molar-refractivity contribution in [3.05, 3.63) is 10.9 Å². The molecule has 1 aliphatic heterocycles. The molecular formula is C13H20N2O4S.